The predicted octanol–water partition coefficient (Wildman–Crippen LogP) is 10.8. The smallest absolute Gasteiger partial charge is 0.0762 e. The molecule has 3 aliphatic rings. The van der Waals surface area contributed by atoms with Gasteiger partial charge in [-0.05, 0) is 71.9 Å². The Bertz CT molecular complexity index is 1960. The molecule has 0 saturated carbocycles. The molecule has 0 fully saturated rings. The number of para-hydroxylation sites is 2. The second-order valence-corrected chi connectivity index (χ2v) is 12.5. The quantitative estimate of drug-likeness (QED) is 0.214. The number of hydrogen-bond acceptors (Lipinski definition) is 1. The van der Waals surface area contributed by atoms with Crippen LogP contribution in [0.3, 0.4) is 0 Å². The highest BCUT2D eigenvalue weighted by atomic mass is 15.2. The Kier molecular flexibility index (Phi) is 6.11. The minimum absolute atomic E-state index is 0.210. The summed E-state index contributed by atoms with van der Waals surface area (Å²) in [6.07, 6.45) is 17.6. The van der Waals surface area contributed by atoms with E-state index in [1.54, 1.807) is 0 Å². The van der Waals surface area contributed by atoms with Gasteiger partial charge in [-0.15, -0.1) is 0 Å². The SMILES string of the molecule is CC1(C)c2ccccc2N(C2=CCC(C3=CCCC=C3)C=C2)c2c1n(-c1ccc(-c3ccccc3)cc1)c1ccccc21. The monoisotopic (exact) mass is 556 g/mol. The van der Waals surface area contributed by atoms with Crippen molar-refractivity contribution < 1.29 is 0 Å². The van der Waals surface area contributed by atoms with Gasteiger partial charge >= 0.3 is 0 Å². The summed E-state index contributed by atoms with van der Waals surface area (Å²) >= 11 is 0. The van der Waals surface area contributed by atoms with Crippen LogP contribution in [0.1, 0.15) is 44.4 Å². The number of benzene rings is 4. The summed E-state index contributed by atoms with van der Waals surface area (Å²) in [6, 6.07) is 37.6. The molecule has 2 heteroatoms. The molecule has 8 rings (SSSR count). The number of allylic oxidation sites excluding steroid dienone is 7. The molecular weight excluding hydrogens is 520 g/mol. The van der Waals surface area contributed by atoms with E-state index in [0.717, 1.165) is 19.3 Å². The molecule has 1 atom stereocenters. The van der Waals surface area contributed by atoms with Crippen LogP contribution >= 0.6 is 0 Å². The van der Waals surface area contributed by atoms with Crippen molar-refractivity contribution in [1.29, 1.82) is 0 Å². The molecule has 4 aromatic carbocycles. The summed E-state index contributed by atoms with van der Waals surface area (Å²) < 4.78 is 2.51. The van der Waals surface area contributed by atoms with Gasteiger partial charge < -0.3 is 9.47 Å². The zero-order valence-electron chi connectivity index (χ0n) is 24.9. The molecule has 0 bridgehead atoms. The van der Waals surface area contributed by atoms with Crippen molar-refractivity contribution in [1.82, 2.24) is 4.57 Å². The van der Waals surface area contributed by atoms with E-state index in [0.29, 0.717) is 5.92 Å². The van der Waals surface area contributed by atoms with Gasteiger partial charge in [0.1, 0.15) is 0 Å². The lowest BCUT2D eigenvalue weighted by atomic mass is 9.76. The summed E-state index contributed by atoms with van der Waals surface area (Å²) in [4.78, 5) is 2.53. The highest BCUT2D eigenvalue weighted by molar-refractivity contribution is 6.03. The lowest BCUT2D eigenvalue weighted by Gasteiger charge is -2.42. The Morgan fingerprint density at radius 3 is 2.21 bits per heavy atom. The number of hydrogen-bond donors (Lipinski definition) is 0. The molecule has 43 heavy (non-hydrogen) atoms. The summed E-state index contributed by atoms with van der Waals surface area (Å²) in [6.45, 7) is 4.78. The maximum absolute atomic E-state index is 2.53. The fourth-order valence-corrected chi connectivity index (χ4v) is 7.37. The van der Waals surface area contributed by atoms with E-state index >= 15 is 0 Å². The first-order valence-corrected chi connectivity index (χ1v) is 15.6. The molecule has 0 radical (unpaired) electrons. The van der Waals surface area contributed by atoms with Crippen LogP contribution in [-0.2, 0) is 5.41 Å². The minimum atomic E-state index is -0.210. The molecule has 0 N–H and O–H groups in total. The van der Waals surface area contributed by atoms with Crippen molar-refractivity contribution in [3.8, 4) is 16.8 Å². The highest BCUT2D eigenvalue weighted by Crippen LogP contribution is 2.55. The maximum atomic E-state index is 2.53. The van der Waals surface area contributed by atoms with E-state index in [4.69, 9.17) is 0 Å². The van der Waals surface area contributed by atoms with Gasteiger partial charge in [-0.1, -0.05) is 123 Å². The third-order valence-corrected chi connectivity index (χ3v) is 9.50. The number of rotatable bonds is 4. The Hall–Kier alpha value is -4.82. The van der Waals surface area contributed by atoms with Crippen LogP contribution in [0.25, 0.3) is 27.7 Å². The second kappa shape index (κ2) is 10.2. The normalized spacial score (nSPS) is 18.7. The van der Waals surface area contributed by atoms with Gasteiger partial charge in [-0.25, -0.2) is 0 Å². The van der Waals surface area contributed by atoms with Gasteiger partial charge in [-0.3, -0.25) is 0 Å². The first-order chi connectivity index (χ1) is 21.1. The fourth-order valence-electron chi connectivity index (χ4n) is 7.37. The van der Waals surface area contributed by atoms with E-state index in [1.165, 1.54) is 61.6 Å². The molecule has 0 amide bonds. The van der Waals surface area contributed by atoms with Crippen LogP contribution in [0.2, 0.25) is 0 Å². The zero-order valence-corrected chi connectivity index (χ0v) is 24.9. The van der Waals surface area contributed by atoms with E-state index in [2.05, 4.69) is 163 Å². The fraction of sp³-hybridized carbons (Fsp3) is 0.171. The molecule has 2 aliphatic carbocycles. The van der Waals surface area contributed by atoms with Gasteiger partial charge in [-0.2, -0.15) is 0 Å². The molecule has 1 unspecified atom stereocenters. The predicted molar refractivity (Wildman–Crippen MR) is 181 cm³/mol. The Balaban J connectivity index is 1.31. The van der Waals surface area contributed by atoms with Crippen LogP contribution < -0.4 is 4.90 Å². The summed E-state index contributed by atoms with van der Waals surface area (Å²) in [5.74, 6) is 0.445. The van der Waals surface area contributed by atoms with Crippen LogP contribution in [0.4, 0.5) is 11.4 Å². The molecule has 2 heterocycles. The third kappa shape index (κ3) is 4.16. The molecular formula is C41H36N2. The number of nitrogens with zero attached hydrogens (tertiary/aromatic N) is 2. The van der Waals surface area contributed by atoms with Gasteiger partial charge in [0.2, 0.25) is 0 Å². The number of anilines is 2. The Morgan fingerprint density at radius 2 is 1.44 bits per heavy atom. The topological polar surface area (TPSA) is 8.17 Å². The first-order valence-electron chi connectivity index (χ1n) is 15.6. The Labute approximate surface area is 254 Å². The van der Waals surface area contributed by atoms with E-state index in [-0.39, 0.29) is 5.41 Å². The van der Waals surface area contributed by atoms with E-state index in [9.17, 15) is 0 Å². The van der Waals surface area contributed by atoms with Crippen molar-refractivity contribution in [3.63, 3.8) is 0 Å². The van der Waals surface area contributed by atoms with Crippen molar-refractivity contribution in [2.45, 2.75) is 38.5 Å². The summed E-state index contributed by atoms with van der Waals surface area (Å²) in [5.41, 5.74) is 12.6. The molecule has 2 nitrogen and oxygen atoms in total. The van der Waals surface area contributed by atoms with E-state index < -0.39 is 0 Å². The number of fused-ring (bicyclic) bond motifs is 4. The molecule has 1 aromatic heterocycles. The number of aromatic nitrogens is 1. The molecule has 0 spiro atoms. The van der Waals surface area contributed by atoms with Crippen LogP contribution in [-0.4, -0.2) is 4.57 Å². The lowest BCUT2D eigenvalue weighted by Crippen LogP contribution is -2.34. The van der Waals surface area contributed by atoms with E-state index in [1.807, 2.05) is 0 Å². The van der Waals surface area contributed by atoms with Gasteiger partial charge in [0.25, 0.3) is 0 Å². The van der Waals surface area contributed by atoms with Crippen LogP contribution in [0, 0.1) is 5.92 Å². The van der Waals surface area contributed by atoms with Crippen molar-refractivity contribution in [2.75, 3.05) is 4.90 Å². The van der Waals surface area contributed by atoms with Gasteiger partial charge in [0, 0.05) is 28.1 Å². The van der Waals surface area contributed by atoms with Crippen molar-refractivity contribution >= 4 is 22.3 Å². The van der Waals surface area contributed by atoms with Crippen molar-refractivity contribution in [2.24, 2.45) is 5.92 Å². The lowest BCUT2D eigenvalue weighted by molar-refractivity contribution is 0.596. The van der Waals surface area contributed by atoms with Crippen LogP contribution in [0.5, 0.6) is 0 Å². The summed E-state index contributed by atoms with van der Waals surface area (Å²) in [5, 5.41) is 1.28. The average Bonchev–Trinajstić information content (AvgIpc) is 3.42. The zero-order chi connectivity index (χ0) is 29.0. The van der Waals surface area contributed by atoms with Gasteiger partial charge in [0.15, 0.2) is 0 Å². The van der Waals surface area contributed by atoms with Gasteiger partial charge in [0.05, 0.1) is 22.6 Å². The summed E-state index contributed by atoms with van der Waals surface area (Å²) in [7, 11) is 0. The Morgan fingerprint density at radius 1 is 0.698 bits per heavy atom. The third-order valence-electron chi connectivity index (χ3n) is 9.50. The maximum Gasteiger partial charge on any atom is 0.0762 e. The first kappa shape index (κ1) is 25.9. The largest absolute Gasteiger partial charge is 0.311 e. The van der Waals surface area contributed by atoms with Crippen molar-refractivity contribution in [3.05, 3.63) is 162 Å². The molecule has 5 aromatic rings. The molecule has 1 aliphatic heterocycles. The standard InChI is InChI=1S/C41H36N2/c1-41(2)36-18-10-12-20-38(36)42(33-25-21-31(22-26-33)29-13-5-3-6-14-29)39-35-17-9-11-19-37(35)43(40(39)41)34-27-23-32(24-28-34)30-15-7-4-8-16-30/h4-5,7-21,23-28,31H,3,6,22H2,1-2H3. The highest BCUT2D eigenvalue weighted by Gasteiger charge is 2.42. The second-order valence-electron chi connectivity index (χ2n) is 12.5. The minimum Gasteiger partial charge on any atom is -0.311 e. The van der Waals surface area contributed by atoms with Crippen LogP contribution in [0.15, 0.2) is 151 Å². The average molecular weight is 557 g/mol. The molecule has 210 valence electrons. The molecule has 0 saturated heterocycles.